The number of hydrogen-bond acceptors (Lipinski definition) is 3. The summed E-state index contributed by atoms with van der Waals surface area (Å²) in [6, 6.07) is 13.9. The molecule has 0 aromatic heterocycles. The summed E-state index contributed by atoms with van der Waals surface area (Å²) < 4.78 is 0. The van der Waals surface area contributed by atoms with Gasteiger partial charge in [0.25, 0.3) is 0 Å². The molecule has 0 saturated heterocycles. The van der Waals surface area contributed by atoms with Gasteiger partial charge in [-0.25, -0.2) is 0 Å². The highest BCUT2D eigenvalue weighted by molar-refractivity contribution is 5.93. The van der Waals surface area contributed by atoms with E-state index < -0.39 is 0 Å². The van der Waals surface area contributed by atoms with Crippen LogP contribution < -0.4 is 15.5 Å². The maximum Gasteiger partial charge on any atom is 0.243 e. The van der Waals surface area contributed by atoms with Crippen molar-refractivity contribution in [3.05, 3.63) is 53.6 Å². The van der Waals surface area contributed by atoms with Gasteiger partial charge in [0, 0.05) is 31.2 Å². The fourth-order valence-electron chi connectivity index (χ4n) is 2.31. The molecule has 0 atom stereocenters. The van der Waals surface area contributed by atoms with Crippen molar-refractivity contribution in [2.24, 2.45) is 0 Å². The number of rotatable bonds is 5. The van der Waals surface area contributed by atoms with Crippen LogP contribution in [-0.2, 0) is 4.79 Å². The fraction of sp³-hybridized carbons (Fsp3) is 0.278. The van der Waals surface area contributed by atoms with E-state index >= 15 is 0 Å². The number of aryl methyl sites for hydroxylation is 2. The van der Waals surface area contributed by atoms with Gasteiger partial charge in [0.05, 0.1) is 6.54 Å². The molecule has 0 aliphatic rings. The van der Waals surface area contributed by atoms with Crippen molar-refractivity contribution in [1.29, 1.82) is 0 Å². The summed E-state index contributed by atoms with van der Waals surface area (Å²) in [4.78, 5) is 14.0. The van der Waals surface area contributed by atoms with Crippen LogP contribution in [0.2, 0.25) is 0 Å². The Bertz CT molecular complexity index is 628. The van der Waals surface area contributed by atoms with Crippen molar-refractivity contribution < 1.29 is 4.79 Å². The van der Waals surface area contributed by atoms with Crippen molar-refractivity contribution in [2.75, 3.05) is 36.2 Å². The topological polar surface area (TPSA) is 44.4 Å². The van der Waals surface area contributed by atoms with E-state index in [-0.39, 0.29) is 12.5 Å². The highest BCUT2D eigenvalue weighted by Gasteiger charge is 2.03. The smallest absolute Gasteiger partial charge is 0.243 e. The van der Waals surface area contributed by atoms with Crippen LogP contribution in [0.4, 0.5) is 17.1 Å². The first-order chi connectivity index (χ1) is 10.4. The summed E-state index contributed by atoms with van der Waals surface area (Å²) >= 11 is 0. The van der Waals surface area contributed by atoms with Crippen molar-refractivity contribution in [3.8, 4) is 0 Å². The van der Waals surface area contributed by atoms with Crippen LogP contribution in [0.25, 0.3) is 0 Å². The van der Waals surface area contributed by atoms with Crippen LogP contribution in [0.15, 0.2) is 42.5 Å². The average molecular weight is 297 g/mol. The third kappa shape index (κ3) is 4.52. The first-order valence-electron chi connectivity index (χ1n) is 7.33. The molecule has 22 heavy (non-hydrogen) atoms. The zero-order valence-corrected chi connectivity index (χ0v) is 13.6. The zero-order valence-electron chi connectivity index (χ0n) is 13.6. The van der Waals surface area contributed by atoms with Gasteiger partial charge in [-0.05, 0) is 61.4 Å². The van der Waals surface area contributed by atoms with Crippen LogP contribution in [0.5, 0.6) is 0 Å². The summed E-state index contributed by atoms with van der Waals surface area (Å²) in [7, 11) is 3.97. The van der Waals surface area contributed by atoms with Crippen molar-refractivity contribution in [1.82, 2.24) is 0 Å². The Kier molecular flexibility index (Phi) is 5.04. The molecule has 4 nitrogen and oxygen atoms in total. The highest BCUT2D eigenvalue weighted by atomic mass is 16.1. The number of amides is 1. The molecule has 0 bridgehead atoms. The third-order valence-corrected chi connectivity index (χ3v) is 3.34. The number of benzene rings is 2. The van der Waals surface area contributed by atoms with Gasteiger partial charge in [-0.1, -0.05) is 6.07 Å². The fourth-order valence-corrected chi connectivity index (χ4v) is 2.31. The van der Waals surface area contributed by atoms with Gasteiger partial charge in [0.1, 0.15) is 0 Å². The van der Waals surface area contributed by atoms with E-state index in [1.807, 2.05) is 69.2 Å². The second kappa shape index (κ2) is 6.98. The summed E-state index contributed by atoms with van der Waals surface area (Å²) in [6.07, 6.45) is 0. The molecular weight excluding hydrogens is 274 g/mol. The minimum Gasteiger partial charge on any atom is -0.378 e. The molecule has 1 amide bonds. The number of carbonyl (C=O) groups excluding carboxylic acids is 1. The van der Waals surface area contributed by atoms with Gasteiger partial charge < -0.3 is 15.5 Å². The summed E-state index contributed by atoms with van der Waals surface area (Å²) in [5, 5.41) is 6.04. The Morgan fingerprint density at radius 1 is 0.955 bits per heavy atom. The predicted octanol–water partition coefficient (Wildman–Crippen LogP) is 3.42. The van der Waals surface area contributed by atoms with Crippen molar-refractivity contribution in [3.63, 3.8) is 0 Å². The van der Waals surface area contributed by atoms with Crippen LogP contribution in [0.1, 0.15) is 11.1 Å². The van der Waals surface area contributed by atoms with Crippen molar-refractivity contribution in [2.45, 2.75) is 13.8 Å². The second-order valence-corrected chi connectivity index (χ2v) is 5.72. The van der Waals surface area contributed by atoms with E-state index in [4.69, 9.17) is 0 Å². The number of carbonyl (C=O) groups is 1. The molecule has 2 rings (SSSR count). The minimum absolute atomic E-state index is 0.0586. The number of nitrogens with zero attached hydrogens (tertiary/aromatic N) is 1. The first-order valence-corrected chi connectivity index (χ1v) is 7.33. The van der Waals surface area contributed by atoms with Gasteiger partial charge in [-0.2, -0.15) is 0 Å². The molecule has 0 unspecified atom stereocenters. The molecule has 0 aliphatic carbocycles. The van der Waals surface area contributed by atoms with Gasteiger partial charge in [0.15, 0.2) is 0 Å². The number of hydrogen-bond donors (Lipinski definition) is 2. The van der Waals surface area contributed by atoms with Crippen LogP contribution in [0.3, 0.4) is 0 Å². The van der Waals surface area contributed by atoms with E-state index in [1.54, 1.807) is 0 Å². The first kappa shape index (κ1) is 15.9. The number of anilines is 3. The molecule has 2 N–H and O–H groups in total. The third-order valence-electron chi connectivity index (χ3n) is 3.34. The molecule has 0 saturated carbocycles. The van der Waals surface area contributed by atoms with Crippen LogP contribution >= 0.6 is 0 Å². The van der Waals surface area contributed by atoms with Gasteiger partial charge in [-0.3, -0.25) is 4.79 Å². The molecule has 0 fully saturated rings. The summed E-state index contributed by atoms with van der Waals surface area (Å²) in [6.45, 7) is 4.34. The molecule has 0 aliphatic heterocycles. The maximum absolute atomic E-state index is 12.0. The molecular formula is C18H23N3O. The highest BCUT2D eigenvalue weighted by Crippen LogP contribution is 2.16. The molecule has 0 spiro atoms. The van der Waals surface area contributed by atoms with E-state index in [1.165, 1.54) is 11.1 Å². The van der Waals surface area contributed by atoms with E-state index in [9.17, 15) is 4.79 Å². The van der Waals surface area contributed by atoms with Gasteiger partial charge in [0.2, 0.25) is 5.91 Å². The van der Waals surface area contributed by atoms with E-state index in [0.29, 0.717) is 0 Å². The normalized spacial score (nSPS) is 10.2. The summed E-state index contributed by atoms with van der Waals surface area (Å²) in [5.74, 6) is -0.0586. The standard InChI is InChI=1S/C18H23N3O/c1-13-9-14(2)11-16(10-13)19-12-18(22)20-15-5-7-17(8-6-15)21(3)4/h5-11,19H,12H2,1-4H3,(H,20,22). The molecule has 0 radical (unpaired) electrons. The Balaban J connectivity index is 1.90. The molecule has 4 heteroatoms. The Labute approximate surface area is 132 Å². The molecule has 2 aromatic rings. The largest absolute Gasteiger partial charge is 0.378 e. The zero-order chi connectivity index (χ0) is 16.1. The van der Waals surface area contributed by atoms with Crippen molar-refractivity contribution >= 4 is 23.0 Å². The molecule has 0 heterocycles. The Hall–Kier alpha value is -2.49. The Morgan fingerprint density at radius 2 is 1.55 bits per heavy atom. The lowest BCUT2D eigenvalue weighted by molar-refractivity contribution is -0.114. The Morgan fingerprint density at radius 3 is 2.09 bits per heavy atom. The molecule has 116 valence electrons. The average Bonchev–Trinajstić information content (AvgIpc) is 2.45. The monoisotopic (exact) mass is 297 g/mol. The lowest BCUT2D eigenvalue weighted by Gasteiger charge is -2.13. The predicted molar refractivity (Wildman–Crippen MR) is 93.8 cm³/mol. The van der Waals surface area contributed by atoms with Crippen LogP contribution in [-0.4, -0.2) is 26.5 Å². The maximum atomic E-state index is 12.0. The molecule has 2 aromatic carbocycles. The number of nitrogens with one attached hydrogen (secondary N) is 2. The van der Waals surface area contributed by atoms with E-state index in [0.717, 1.165) is 17.1 Å². The SMILES string of the molecule is Cc1cc(C)cc(NCC(=O)Nc2ccc(N(C)C)cc2)c1. The summed E-state index contributed by atoms with van der Waals surface area (Å²) in [5.41, 5.74) is 5.24. The lowest BCUT2D eigenvalue weighted by atomic mass is 10.1. The quantitative estimate of drug-likeness (QED) is 0.889. The minimum atomic E-state index is -0.0586. The van der Waals surface area contributed by atoms with Gasteiger partial charge in [-0.15, -0.1) is 0 Å². The van der Waals surface area contributed by atoms with Crippen LogP contribution in [0, 0.1) is 13.8 Å². The van der Waals surface area contributed by atoms with E-state index in [2.05, 4.69) is 16.7 Å². The second-order valence-electron chi connectivity index (χ2n) is 5.72. The lowest BCUT2D eigenvalue weighted by Crippen LogP contribution is -2.21. The van der Waals surface area contributed by atoms with Gasteiger partial charge >= 0.3 is 0 Å².